The predicted octanol–water partition coefficient (Wildman–Crippen LogP) is 3.96. The molecule has 29 heavy (non-hydrogen) atoms. The Morgan fingerprint density at radius 2 is 2.10 bits per heavy atom. The van der Waals surface area contributed by atoms with Gasteiger partial charge in [0.2, 0.25) is 5.78 Å². The minimum Gasteiger partial charge on any atom is -0.363 e. The van der Waals surface area contributed by atoms with E-state index in [1.165, 1.54) is 4.90 Å². The topological polar surface area (TPSA) is 69.2 Å². The van der Waals surface area contributed by atoms with Crippen LogP contribution in [0.3, 0.4) is 0 Å². The molecule has 4 rings (SSSR count). The standard InChI is InChI=1S/C20H19F3N6/c1-12-14(8-24)4-3-5-15(12)13(2)26-18-16-9-28(11-20(21,22)23)10-17(16)29-7-6-25-19(29)27-18/h3-7,13H,9-11H2,1-2H3,(H,25,26,27)/t13-/m1/s1. The van der Waals surface area contributed by atoms with E-state index in [1.54, 1.807) is 22.9 Å². The molecular weight excluding hydrogens is 381 g/mol. The summed E-state index contributed by atoms with van der Waals surface area (Å²) >= 11 is 0. The number of alkyl halides is 3. The maximum Gasteiger partial charge on any atom is 0.401 e. The molecule has 0 radical (unpaired) electrons. The number of nitriles is 1. The van der Waals surface area contributed by atoms with E-state index in [2.05, 4.69) is 21.4 Å². The van der Waals surface area contributed by atoms with E-state index < -0.39 is 12.7 Å². The Balaban J connectivity index is 1.69. The van der Waals surface area contributed by atoms with Crippen molar-refractivity contribution in [1.82, 2.24) is 19.3 Å². The van der Waals surface area contributed by atoms with Gasteiger partial charge >= 0.3 is 6.18 Å². The predicted molar refractivity (Wildman–Crippen MR) is 101 cm³/mol. The lowest BCUT2D eigenvalue weighted by atomic mass is 9.98. The number of fused-ring (bicyclic) bond motifs is 3. The van der Waals surface area contributed by atoms with Crippen molar-refractivity contribution < 1.29 is 13.2 Å². The van der Waals surface area contributed by atoms with Gasteiger partial charge in [-0.25, -0.2) is 4.98 Å². The summed E-state index contributed by atoms with van der Waals surface area (Å²) in [5.41, 5.74) is 3.89. The fourth-order valence-corrected chi connectivity index (χ4v) is 3.88. The second-order valence-corrected chi connectivity index (χ2v) is 7.24. The molecule has 3 heterocycles. The van der Waals surface area contributed by atoms with Crippen LogP contribution in [0.4, 0.5) is 19.0 Å². The van der Waals surface area contributed by atoms with Gasteiger partial charge < -0.3 is 5.32 Å². The fourth-order valence-electron chi connectivity index (χ4n) is 3.88. The first kappa shape index (κ1) is 19.2. The van der Waals surface area contributed by atoms with Gasteiger partial charge in [-0.05, 0) is 31.0 Å². The number of halogens is 3. The van der Waals surface area contributed by atoms with Gasteiger partial charge in [-0.1, -0.05) is 12.1 Å². The molecule has 1 atom stereocenters. The maximum atomic E-state index is 12.9. The molecule has 1 aromatic carbocycles. The Morgan fingerprint density at radius 1 is 1.31 bits per heavy atom. The van der Waals surface area contributed by atoms with Gasteiger partial charge in [-0.15, -0.1) is 0 Å². The summed E-state index contributed by atoms with van der Waals surface area (Å²) in [4.78, 5) is 10.1. The molecule has 1 aliphatic heterocycles. The van der Waals surface area contributed by atoms with Gasteiger partial charge in [0.1, 0.15) is 5.82 Å². The number of hydrogen-bond acceptors (Lipinski definition) is 5. The van der Waals surface area contributed by atoms with Crippen molar-refractivity contribution in [2.75, 3.05) is 11.9 Å². The van der Waals surface area contributed by atoms with Crippen LogP contribution in [0.5, 0.6) is 0 Å². The highest BCUT2D eigenvalue weighted by molar-refractivity contribution is 5.56. The number of hydrogen-bond donors (Lipinski definition) is 1. The van der Waals surface area contributed by atoms with E-state index in [4.69, 9.17) is 0 Å². The lowest BCUT2D eigenvalue weighted by Crippen LogP contribution is -2.30. The Bertz CT molecular complexity index is 1110. The summed E-state index contributed by atoms with van der Waals surface area (Å²) in [5, 5.41) is 12.6. The molecule has 0 saturated carbocycles. The van der Waals surface area contributed by atoms with Gasteiger partial charge in [0.05, 0.1) is 24.2 Å². The van der Waals surface area contributed by atoms with Gasteiger partial charge in [0, 0.05) is 36.7 Å². The summed E-state index contributed by atoms with van der Waals surface area (Å²) in [6.45, 7) is 3.18. The van der Waals surface area contributed by atoms with Gasteiger partial charge in [-0.2, -0.15) is 23.4 Å². The van der Waals surface area contributed by atoms with Crippen LogP contribution >= 0.6 is 0 Å². The summed E-state index contributed by atoms with van der Waals surface area (Å²) in [6.07, 6.45) is -0.964. The first-order chi connectivity index (χ1) is 13.8. The molecule has 9 heteroatoms. The lowest BCUT2D eigenvalue weighted by molar-refractivity contribution is -0.147. The third kappa shape index (κ3) is 3.63. The SMILES string of the molecule is Cc1c(C#N)cccc1[C@@H](C)Nc1nc2nccn2c2c1CN(CC(F)(F)F)C2. The van der Waals surface area contributed by atoms with Crippen LogP contribution in [0.1, 0.15) is 40.9 Å². The molecule has 150 valence electrons. The number of nitrogens with one attached hydrogen (secondary N) is 1. The molecule has 0 saturated heterocycles. The lowest BCUT2D eigenvalue weighted by Gasteiger charge is -2.20. The Labute approximate surface area is 165 Å². The highest BCUT2D eigenvalue weighted by Gasteiger charge is 2.35. The Kier molecular flexibility index (Phi) is 4.67. The van der Waals surface area contributed by atoms with Gasteiger partial charge in [-0.3, -0.25) is 9.30 Å². The molecular formula is C20H19F3N6. The van der Waals surface area contributed by atoms with Crippen LogP contribution in [0.15, 0.2) is 30.6 Å². The van der Waals surface area contributed by atoms with Crippen LogP contribution in [0.25, 0.3) is 5.78 Å². The van der Waals surface area contributed by atoms with Gasteiger partial charge in [0.25, 0.3) is 0 Å². The number of aromatic nitrogens is 3. The zero-order chi connectivity index (χ0) is 20.8. The summed E-state index contributed by atoms with van der Waals surface area (Å²) in [6, 6.07) is 7.49. The Hall–Kier alpha value is -3.12. The van der Waals surface area contributed by atoms with Crippen LogP contribution in [-0.4, -0.2) is 32.0 Å². The van der Waals surface area contributed by atoms with Crippen LogP contribution in [0, 0.1) is 18.3 Å². The monoisotopic (exact) mass is 400 g/mol. The van der Waals surface area contributed by atoms with Crippen molar-refractivity contribution in [3.63, 3.8) is 0 Å². The van der Waals surface area contributed by atoms with E-state index in [0.717, 1.165) is 22.4 Å². The highest BCUT2D eigenvalue weighted by Crippen LogP contribution is 2.33. The van der Waals surface area contributed by atoms with Crippen molar-refractivity contribution in [1.29, 1.82) is 5.26 Å². The summed E-state index contributed by atoms with van der Waals surface area (Å²) in [5.74, 6) is 0.965. The second kappa shape index (κ2) is 7.04. The molecule has 3 aromatic rings. The molecule has 0 aliphatic carbocycles. The van der Waals surface area contributed by atoms with E-state index in [9.17, 15) is 18.4 Å². The largest absolute Gasteiger partial charge is 0.401 e. The van der Waals surface area contributed by atoms with Gasteiger partial charge in [0.15, 0.2) is 0 Å². The number of nitrogens with zero attached hydrogens (tertiary/aromatic N) is 5. The third-order valence-corrected chi connectivity index (χ3v) is 5.23. The maximum absolute atomic E-state index is 12.9. The zero-order valence-corrected chi connectivity index (χ0v) is 16.0. The highest BCUT2D eigenvalue weighted by atomic mass is 19.4. The van der Waals surface area contributed by atoms with Crippen molar-refractivity contribution in [3.8, 4) is 6.07 Å². The number of benzene rings is 1. The number of imidazole rings is 1. The summed E-state index contributed by atoms with van der Waals surface area (Å²) in [7, 11) is 0. The first-order valence-corrected chi connectivity index (χ1v) is 9.17. The average Bonchev–Trinajstić information content (AvgIpc) is 3.26. The molecule has 0 spiro atoms. The fraction of sp³-hybridized carbons (Fsp3) is 0.350. The number of rotatable bonds is 4. The molecule has 0 fully saturated rings. The summed E-state index contributed by atoms with van der Waals surface area (Å²) < 4.78 is 40.5. The van der Waals surface area contributed by atoms with Crippen LogP contribution in [0.2, 0.25) is 0 Å². The third-order valence-electron chi connectivity index (χ3n) is 5.23. The molecule has 6 nitrogen and oxygen atoms in total. The normalized spacial score (nSPS) is 15.3. The van der Waals surface area contributed by atoms with Crippen molar-refractivity contribution in [3.05, 3.63) is 58.5 Å². The van der Waals surface area contributed by atoms with Crippen molar-refractivity contribution >= 4 is 11.6 Å². The van der Waals surface area contributed by atoms with E-state index >= 15 is 0 Å². The second-order valence-electron chi connectivity index (χ2n) is 7.24. The molecule has 0 amide bonds. The molecule has 2 aromatic heterocycles. The van der Waals surface area contributed by atoms with Crippen LogP contribution < -0.4 is 5.32 Å². The molecule has 1 N–H and O–H groups in total. The van der Waals surface area contributed by atoms with Crippen molar-refractivity contribution in [2.24, 2.45) is 0 Å². The van der Waals surface area contributed by atoms with Crippen molar-refractivity contribution in [2.45, 2.75) is 39.2 Å². The molecule has 0 bridgehead atoms. The smallest absolute Gasteiger partial charge is 0.363 e. The van der Waals surface area contributed by atoms with E-state index in [0.29, 0.717) is 17.2 Å². The van der Waals surface area contributed by atoms with E-state index in [-0.39, 0.29) is 19.1 Å². The quantitative estimate of drug-likeness (QED) is 0.718. The first-order valence-electron chi connectivity index (χ1n) is 9.17. The minimum absolute atomic E-state index is 0.155. The minimum atomic E-state index is -4.26. The van der Waals surface area contributed by atoms with Crippen LogP contribution in [-0.2, 0) is 13.1 Å². The molecule has 1 aliphatic rings. The zero-order valence-electron chi connectivity index (χ0n) is 16.0. The van der Waals surface area contributed by atoms with E-state index in [1.807, 2.05) is 26.0 Å². The molecule has 0 unspecified atom stereocenters. The Morgan fingerprint density at radius 3 is 2.83 bits per heavy atom. The average molecular weight is 400 g/mol. The number of anilines is 1.